The molecule has 3 rings (SSSR count). The molecule has 0 bridgehead atoms. The molecule has 0 saturated carbocycles. The van der Waals surface area contributed by atoms with Crippen LogP contribution in [-0.4, -0.2) is 22.0 Å². The highest BCUT2D eigenvalue weighted by Gasteiger charge is 2.08. The first-order chi connectivity index (χ1) is 12.7. The number of fused-ring (bicyclic) bond motifs is 1. The summed E-state index contributed by atoms with van der Waals surface area (Å²) in [5.41, 5.74) is 3.38. The molecule has 0 aliphatic rings. The number of benzene rings is 2. The molecule has 0 radical (unpaired) electrons. The lowest BCUT2D eigenvalue weighted by atomic mass is 10.1. The average molecular weight is 349 g/mol. The number of nitrogens with one attached hydrogen (secondary N) is 2. The van der Waals surface area contributed by atoms with Crippen molar-refractivity contribution in [3.05, 3.63) is 76.2 Å². The van der Waals surface area contributed by atoms with E-state index in [1.807, 2.05) is 67.6 Å². The predicted octanol–water partition coefficient (Wildman–Crippen LogP) is 3.33. The van der Waals surface area contributed by atoms with Crippen LogP contribution in [0.2, 0.25) is 0 Å². The lowest BCUT2D eigenvalue weighted by molar-refractivity contribution is -0.117. The second-order valence-corrected chi connectivity index (χ2v) is 6.14. The molecule has 5 heteroatoms. The van der Waals surface area contributed by atoms with Gasteiger partial charge in [-0.2, -0.15) is 0 Å². The molecular formula is C21H23N3O2. The number of rotatable bonds is 7. The molecule has 0 aliphatic heterocycles. The Morgan fingerprint density at radius 3 is 2.62 bits per heavy atom. The van der Waals surface area contributed by atoms with Gasteiger partial charge in [-0.3, -0.25) is 9.36 Å². The first-order valence-electron chi connectivity index (χ1n) is 8.90. The Balaban J connectivity index is 1.57. The predicted molar refractivity (Wildman–Crippen MR) is 105 cm³/mol. The van der Waals surface area contributed by atoms with Crippen molar-refractivity contribution in [2.24, 2.45) is 0 Å². The standard InChI is InChI=1S/C21H23N3O2/c1-2-17(15-16-9-4-3-5-10-16)20(25)22-13-8-14-24-19-12-7-6-11-18(19)23-21(24)26/h3-7,9-12,15H,2,8,13-14H2,1H3,(H,22,25)(H,23,26)/b17-15+. The van der Waals surface area contributed by atoms with Crippen molar-refractivity contribution in [1.29, 1.82) is 0 Å². The second-order valence-electron chi connectivity index (χ2n) is 6.14. The molecule has 26 heavy (non-hydrogen) atoms. The molecule has 1 aromatic heterocycles. The minimum absolute atomic E-state index is 0.0531. The number of H-pyrrole nitrogens is 1. The minimum Gasteiger partial charge on any atom is -0.352 e. The van der Waals surface area contributed by atoms with Crippen LogP contribution in [0.4, 0.5) is 0 Å². The van der Waals surface area contributed by atoms with Gasteiger partial charge >= 0.3 is 5.69 Å². The first-order valence-corrected chi connectivity index (χ1v) is 8.90. The SMILES string of the molecule is CC/C(=C\c1ccccc1)C(=O)NCCCn1c(=O)[nH]c2ccccc21. The molecule has 3 aromatic rings. The maximum absolute atomic E-state index is 12.4. The largest absolute Gasteiger partial charge is 0.352 e. The average Bonchev–Trinajstić information content (AvgIpc) is 2.99. The second kappa shape index (κ2) is 8.34. The van der Waals surface area contributed by atoms with E-state index in [2.05, 4.69) is 10.3 Å². The third-order valence-electron chi connectivity index (χ3n) is 4.34. The zero-order valence-electron chi connectivity index (χ0n) is 14.9. The molecule has 0 atom stereocenters. The Morgan fingerprint density at radius 2 is 1.85 bits per heavy atom. The van der Waals surface area contributed by atoms with Crippen LogP contribution < -0.4 is 11.0 Å². The normalized spacial score (nSPS) is 11.7. The Morgan fingerprint density at radius 1 is 1.12 bits per heavy atom. The van der Waals surface area contributed by atoms with Gasteiger partial charge in [-0.05, 0) is 36.6 Å². The maximum Gasteiger partial charge on any atom is 0.326 e. The van der Waals surface area contributed by atoms with Gasteiger partial charge in [-0.15, -0.1) is 0 Å². The third kappa shape index (κ3) is 4.11. The van der Waals surface area contributed by atoms with E-state index in [1.54, 1.807) is 4.57 Å². The number of hydrogen-bond donors (Lipinski definition) is 2. The first kappa shape index (κ1) is 17.7. The van der Waals surface area contributed by atoms with E-state index in [0.29, 0.717) is 25.9 Å². The van der Waals surface area contributed by atoms with Gasteiger partial charge in [0, 0.05) is 18.7 Å². The van der Waals surface area contributed by atoms with E-state index in [-0.39, 0.29) is 11.6 Å². The van der Waals surface area contributed by atoms with Gasteiger partial charge < -0.3 is 10.3 Å². The van der Waals surface area contributed by atoms with E-state index in [0.717, 1.165) is 22.2 Å². The van der Waals surface area contributed by atoms with E-state index in [9.17, 15) is 9.59 Å². The zero-order valence-corrected chi connectivity index (χ0v) is 14.9. The van der Waals surface area contributed by atoms with E-state index < -0.39 is 0 Å². The van der Waals surface area contributed by atoms with Gasteiger partial charge in [-0.1, -0.05) is 49.4 Å². The smallest absolute Gasteiger partial charge is 0.326 e. The van der Waals surface area contributed by atoms with Crippen molar-refractivity contribution in [3.8, 4) is 0 Å². The highest BCUT2D eigenvalue weighted by atomic mass is 16.2. The summed E-state index contributed by atoms with van der Waals surface area (Å²) >= 11 is 0. The lowest BCUT2D eigenvalue weighted by Crippen LogP contribution is -2.27. The van der Waals surface area contributed by atoms with Crippen molar-refractivity contribution in [2.45, 2.75) is 26.3 Å². The fraction of sp³-hybridized carbons (Fsp3) is 0.238. The monoisotopic (exact) mass is 349 g/mol. The Bertz CT molecular complexity index is 968. The fourth-order valence-electron chi connectivity index (χ4n) is 2.96. The molecule has 134 valence electrons. The van der Waals surface area contributed by atoms with Crippen LogP contribution in [0.5, 0.6) is 0 Å². The van der Waals surface area contributed by atoms with Crippen molar-refractivity contribution in [2.75, 3.05) is 6.54 Å². The topological polar surface area (TPSA) is 66.9 Å². The number of aryl methyl sites for hydroxylation is 1. The number of para-hydroxylation sites is 2. The molecule has 0 spiro atoms. The van der Waals surface area contributed by atoms with Gasteiger partial charge in [0.15, 0.2) is 0 Å². The van der Waals surface area contributed by atoms with Crippen LogP contribution in [0.25, 0.3) is 17.1 Å². The number of imidazole rings is 1. The van der Waals surface area contributed by atoms with Crippen molar-refractivity contribution in [1.82, 2.24) is 14.9 Å². The van der Waals surface area contributed by atoms with E-state index in [1.165, 1.54) is 0 Å². The molecule has 1 amide bonds. The molecule has 2 N–H and O–H groups in total. The number of aromatic amines is 1. The molecule has 2 aromatic carbocycles. The van der Waals surface area contributed by atoms with Crippen LogP contribution >= 0.6 is 0 Å². The summed E-state index contributed by atoms with van der Waals surface area (Å²) in [5.74, 6) is -0.0531. The summed E-state index contributed by atoms with van der Waals surface area (Å²) in [6.45, 7) is 3.06. The summed E-state index contributed by atoms with van der Waals surface area (Å²) in [5, 5.41) is 2.95. The molecule has 5 nitrogen and oxygen atoms in total. The van der Waals surface area contributed by atoms with Crippen molar-refractivity contribution < 1.29 is 4.79 Å². The van der Waals surface area contributed by atoms with Crippen LogP contribution in [0.1, 0.15) is 25.3 Å². The summed E-state index contributed by atoms with van der Waals surface area (Å²) in [6, 6.07) is 17.4. The highest BCUT2D eigenvalue weighted by Crippen LogP contribution is 2.11. The van der Waals surface area contributed by atoms with Gasteiger partial charge in [0.1, 0.15) is 0 Å². The Hall–Kier alpha value is -3.08. The van der Waals surface area contributed by atoms with Gasteiger partial charge in [0.2, 0.25) is 5.91 Å². The summed E-state index contributed by atoms with van der Waals surface area (Å²) in [7, 11) is 0. The van der Waals surface area contributed by atoms with Gasteiger partial charge in [-0.25, -0.2) is 4.79 Å². The van der Waals surface area contributed by atoms with Crippen LogP contribution in [0.15, 0.2) is 65.0 Å². The molecule has 0 fully saturated rings. The number of amides is 1. The quantitative estimate of drug-likeness (QED) is 0.507. The lowest BCUT2D eigenvalue weighted by Gasteiger charge is -2.08. The number of aromatic nitrogens is 2. The molecular weight excluding hydrogens is 326 g/mol. The molecule has 0 saturated heterocycles. The summed E-state index contributed by atoms with van der Waals surface area (Å²) in [6.07, 6.45) is 3.28. The van der Waals surface area contributed by atoms with Crippen LogP contribution in [-0.2, 0) is 11.3 Å². The zero-order chi connectivity index (χ0) is 18.4. The van der Waals surface area contributed by atoms with E-state index >= 15 is 0 Å². The number of carbonyl (C=O) groups is 1. The van der Waals surface area contributed by atoms with Crippen molar-refractivity contribution >= 4 is 23.0 Å². The van der Waals surface area contributed by atoms with Crippen LogP contribution in [0.3, 0.4) is 0 Å². The number of carbonyl (C=O) groups excluding carboxylic acids is 1. The van der Waals surface area contributed by atoms with E-state index in [4.69, 9.17) is 0 Å². The van der Waals surface area contributed by atoms with Gasteiger partial charge in [0.25, 0.3) is 0 Å². The third-order valence-corrected chi connectivity index (χ3v) is 4.34. The molecule has 1 heterocycles. The molecule has 0 unspecified atom stereocenters. The van der Waals surface area contributed by atoms with Crippen molar-refractivity contribution in [3.63, 3.8) is 0 Å². The maximum atomic E-state index is 12.4. The number of nitrogens with zero attached hydrogens (tertiary/aromatic N) is 1. The summed E-state index contributed by atoms with van der Waals surface area (Å²) < 4.78 is 1.71. The Labute approximate surface area is 152 Å². The summed E-state index contributed by atoms with van der Waals surface area (Å²) in [4.78, 5) is 27.2. The fourth-order valence-corrected chi connectivity index (χ4v) is 2.96. The van der Waals surface area contributed by atoms with Crippen LogP contribution in [0, 0.1) is 0 Å². The number of hydrogen-bond acceptors (Lipinski definition) is 2. The minimum atomic E-state index is -0.115. The molecule has 0 aliphatic carbocycles. The van der Waals surface area contributed by atoms with Gasteiger partial charge in [0.05, 0.1) is 11.0 Å². The Kier molecular flexibility index (Phi) is 5.69. The highest BCUT2D eigenvalue weighted by molar-refractivity contribution is 5.97.